The number of nitrogens with zero attached hydrogens (tertiary/aromatic N) is 6. The predicted octanol–water partition coefficient (Wildman–Crippen LogP) is 1.06. The summed E-state index contributed by atoms with van der Waals surface area (Å²) < 4.78 is 24.1. The Bertz CT molecular complexity index is 1480. The summed E-state index contributed by atoms with van der Waals surface area (Å²) >= 11 is 0. The molecule has 3 aromatic heterocycles. The molecule has 0 saturated carbocycles. The summed E-state index contributed by atoms with van der Waals surface area (Å²) in [6, 6.07) is 8.01. The fourth-order valence-electron chi connectivity index (χ4n) is 3.63. The van der Waals surface area contributed by atoms with Gasteiger partial charge in [0.15, 0.2) is 11.2 Å². The Labute approximate surface area is 181 Å². The SMILES string of the molecule is COC(=O)Cn1c(=O)c2c(nc(-n3nc(C)cc3C)n2Cc2ccccc2F)n(C)c1=O. The van der Waals surface area contributed by atoms with Crippen LogP contribution in [0.1, 0.15) is 17.0 Å². The molecule has 0 fully saturated rings. The Kier molecular flexibility index (Phi) is 5.25. The van der Waals surface area contributed by atoms with Gasteiger partial charge in [0.2, 0.25) is 5.95 Å². The van der Waals surface area contributed by atoms with E-state index in [1.54, 1.807) is 18.2 Å². The van der Waals surface area contributed by atoms with E-state index >= 15 is 0 Å². The van der Waals surface area contributed by atoms with Crippen LogP contribution in [0.3, 0.4) is 0 Å². The van der Waals surface area contributed by atoms with Crippen molar-refractivity contribution in [3.63, 3.8) is 0 Å². The van der Waals surface area contributed by atoms with E-state index in [4.69, 9.17) is 0 Å². The zero-order chi connectivity index (χ0) is 23.2. The number of aromatic nitrogens is 6. The van der Waals surface area contributed by atoms with Crippen LogP contribution in [0.5, 0.6) is 0 Å². The minimum absolute atomic E-state index is 0.0392. The standard InChI is InChI=1S/C21H21FN6O4/c1-12-9-13(2)28(24-12)20-23-18-17(26(20)10-14-7-5-6-8-15(14)22)19(30)27(11-16(29)32-4)21(31)25(18)3/h5-9H,10-11H2,1-4H3. The predicted molar refractivity (Wildman–Crippen MR) is 113 cm³/mol. The largest absolute Gasteiger partial charge is 0.468 e. The molecular formula is C21H21FN6O4. The number of carbonyl (C=O) groups excluding carboxylic acids is 1. The van der Waals surface area contributed by atoms with Gasteiger partial charge in [0.05, 0.1) is 19.3 Å². The van der Waals surface area contributed by atoms with Crippen molar-refractivity contribution in [2.24, 2.45) is 7.05 Å². The van der Waals surface area contributed by atoms with Crippen LogP contribution in [0.4, 0.5) is 4.39 Å². The van der Waals surface area contributed by atoms with Crippen molar-refractivity contribution >= 4 is 17.1 Å². The quantitative estimate of drug-likeness (QED) is 0.430. The van der Waals surface area contributed by atoms with Gasteiger partial charge in [-0.2, -0.15) is 10.1 Å². The minimum atomic E-state index is -0.748. The summed E-state index contributed by atoms with van der Waals surface area (Å²) in [4.78, 5) is 42.5. The molecule has 11 heteroatoms. The number of imidazole rings is 1. The average molecular weight is 440 g/mol. The molecule has 0 N–H and O–H groups in total. The van der Waals surface area contributed by atoms with Crippen molar-refractivity contribution in [3.05, 3.63) is 73.9 Å². The number of benzene rings is 1. The monoisotopic (exact) mass is 440 g/mol. The molecule has 0 unspecified atom stereocenters. The molecule has 0 bridgehead atoms. The van der Waals surface area contributed by atoms with E-state index in [-0.39, 0.29) is 23.7 Å². The highest BCUT2D eigenvalue weighted by molar-refractivity contribution is 5.74. The molecule has 4 rings (SSSR count). The molecule has 0 aliphatic rings. The Morgan fingerprint density at radius 1 is 1.16 bits per heavy atom. The minimum Gasteiger partial charge on any atom is -0.468 e. The van der Waals surface area contributed by atoms with Crippen LogP contribution < -0.4 is 11.2 Å². The molecule has 1 aromatic carbocycles. The molecule has 10 nitrogen and oxygen atoms in total. The molecule has 0 radical (unpaired) electrons. The summed E-state index contributed by atoms with van der Waals surface area (Å²) in [5.41, 5.74) is 0.481. The first-order chi connectivity index (χ1) is 15.2. The van der Waals surface area contributed by atoms with Gasteiger partial charge in [-0.25, -0.2) is 18.4 Å². The second kappa shape index (κ2) is 7.91. The van der Waals surface area contributed by atoms with Crippen molar-refractivity contribution in [1.29, 1.82) is 0 Å². The van der Waals surface area contributed by atoms with Crippen LogP contribution in [0.25, 0.3) is 17.1 Å². The smallest absolute Gasteiger partial charge is 0.333 e. The fraction of sp³-hybridized carbons (Fsp3) is 0.286. The number of esters is 1. The third-order valence-electron chi connectivity index (χ3n) is 5.21. The van der Waals surface area contributed by atoms with E-state index in [2.05, 4.69) is 14.8 Å². The summed E-state index contributed by atoms with van der Waals surface area (Å²) in [6.45, 7) is 3.04. The van der Waals surface area contributed by atoms with Crippen LogP contribution >= 0.6 is 0 Å². The Morgan fingerprint density at radius 3 is 2.50 bits per heavy atom. The average Bonchev–Trinajstić information content (AvgIpc) is 3.30. The number of hydrogen-bond donors (Lipinski definition) is 0. The lowest BCUT2D eigenvalue weighted by Gasteiger charge is -2.12. The lowest BCUT2D eigenvalue weighted by Crippen LogP contribution is -2.41. The maximum Gasteiger partial charge on any atom is 0.333 e. The van der Waals surface area contributed by atoms with E-state index in [1.807, 2.05) is 19.9 Å². The van der Waals surface area contributed by atoms with Crippen LogP contribution in [0, 0.1) is 19.7 Å². The second-order valence-electron chi connectivity index (χ2n) is 7.41. The van der Waals surface area contributed by atoms with Gasteiger partial charge in [0, 0.05) is 18.3 Å². The lowest BCUT2D eigenvalue weighted by atomic mass is 10.2. The van der Waals surface area contributed by atoms with Gasteiger partial charge in [0.25, 0.3) is 5.56 Å². The molecule has 32 heavy (non-hydrogen) atoms. The van der Waals surface area contributed by atoms with E-state index in [1.165, 1.54) is 34.0 Å². The van der Waals surface area contributed by atoms with E-state index in [0.29, 0.717) is 5.56 Å². The van der Waals surface area contributed by atoms with Crippen LogP contribution in [0.2, 0.25) is 0 Å². The molecule has 3 heterocycles. The first-order valence-corrected chi connectivity index (χ1v) is 9.76. The molecular weight excluding hydrogens is 419 g/mol. The van der Waals surface area contributed by atoms with E-state index in [0.717, 1.165) is 16.0 Å². The van der Waals surface area contributed by atoms with Gasteiger partial charge in [-0.3, -0.25) is 18.7 Å². The summed E-state index contributed by atoms with van der Waals surface area (Å²) in [6.07, 6.45) is 0. The maximum absolute atomic E-state index is 14.5. The number of methoxy groups -OCH3 is 1. The van der Waals surface area contributed by atoms with Gasteiger partial charge in [-0.15, -0.1) is 0 Å². The molecule has 166 valence electrons. The normalized spacial score (nSPS) is 11.3. The van der Waals surface area contributed by atoms with Gasteiger partial charge in [-0.05, 0) is 26.0 Å². The molecule has 0 amide bonds. The zero-order valence-electron chi connectivity index (χ0n) is 18.0. The summed E-state index contributed by atoms with van der Waals surface area (Å²) in [5.74, 6) is -0.951. The van der Waals surface area contributed by atoms with Crippen molar-refractivity contribution in [3.8, 4) is 5.95 Å². The van der Waals surface area contributed by atoms with E-state index in [9.17, 15) is 18.8 Å². The maximum atomic E-state index is 14.5. The lowest BCUT2D eigenvalue weighted by molar-refractivity contribution is -0.141. The second-order valence-corrected chi connectivity index (χ2v) is 7.41. The molecule has 0 saturated heterocycles. The van der Waals surface area contributed by atoms with Crippen molar-refractivity contribution in [1.82, 2.24) is 28.5 Å². The highest BCUT2D eigenvalue weighted by Gasteiger charge is 2.24. The number of halogens is 1. The third kappa shape index (κ3) is 3.41. The number of rotatable bonds is 5. The number of carbonyl (C=O) groups is 1. The fourth-order valence-corrected chi connectivity index (χ4v) is 3.63. The van der Waals surface area contributed by atoms with Crippen molar-refractivity contribution in [2.45, 2.75) is 26.9 Å². The van der Waals surface area contributed by atoms with Gasteiger partial charge in [-0.1, -0.05) is 18.2 Å². The van der Waals surface area contributed by atoms with Crippen molar-refractivity contribution in [2.75, 3.05) is 7.11 Å². The highest BCUT2D eigenvalue weighted by atomic mass is 19.1. The Hall–Kier alpha value is -4.02. The third-order valence-corrected chi connectivity index (χ3v) is 5.21. The number of aryl methyl sites for hydroxylation is 3. The van der Waals surface area contributed by atoms with Gasteiger partial charge >= 0.3 is 11.7 Å². The molecule has 0 spiro atoms. The molecule has 4 aromatic rings. The van der Waals surface area contributed by atoms with Gasteiger partial charge in [0.1, 0.15) is 12.4 Å². The van der Waals surface area contributed by atoms with Crippen LogP contribution in [-0.4, -0.2) is 41.5 Å². The number of ether oxygens (including phenoxy) is 1. The van der Waals surface area contributed by atoms with Gasteiger partial charge < -0.3 is 4.74 Å². The molecule has 0 aliphatic carbocycles. The first-order valence-electron chi connectivity index (χ1n) is 9.76. The van der Waals surface area contributed by atoms with Crippen LogP contribution in [0.15, 0.2) is 39.9 Å². The summed E-state index contributed by atoms with van der Waals surface area (Å²) in [5, 5.41) is 4.44. The van der Waals surface area contributed by atoms with Crippen molar-refractivity contribution < 1.29 is 13.9 Å². The summed E-state index contributed by atoms with van der Waals surface area (Å²) in [7, 11) is 2.61. The van der Waals surface area contributed by atoms with E-state index < -0.39 is 29.6 Å². The Balaban J connectivity index is 2.08. The molecule has 0 aliphatic heterocycles. The van der Waals surface area contributed by atoms with Crippen LogP contribution in [-0.2, 0) is 29.7 Å². The zero-order valence-corrected chi connectivity index (χ0v) is 18.0. The highest BCUT2D eigenvalue weighted by Crippen LogP contribution is 2.20. The Morgan fingerprint density at radius 2 is 1.88 bits per heavy atom. The topological polar surface area (TPSA) is 106 Å². The number of fused-ring (bicyclic) bond motifs is 1. The first kappa shape index (κ1) is 21.2. The number of hydrogen-bond acceptors (Lipinski definition) is 6. The molecule has 0 atom stereocenters.